The van der Waals surface area contributed by atoms with Gasteiger partial charge in [0.15, 0.2) is 6.61 Å². The fourth-order valence-corrected chi connectivity index (χ4v) is 2.67. The van der Waals surface area contributed by atoms with Gasteiger partial charge in [-0.2, -0.15) is 13.2 Å². The van der Waals surface area contributed by atoms with Crippen LogP contribution < -0.4 is 10.2 Å². The number of anilines is 1. The smallest absolute Gasteiger partial charge is 0.416 e. The summed E-state index contributed by atoms with van der Waals surface area (Å²) in [5, 5.41) is 2.63. The zero-order valence-corrected chi connectivity index (χ0v) is 15.2. The summed E-state index contributed by atoms with van der Waals surface area (Å²) in [4.78, 5) is 37.0. The summed E-state index contributed by atoms with van der Waals surface area (Å²) in [5.41, 5.74) is -1.29. The van der Waals surface area contributed by atoms with Gasteiger partial charge in [0.05, 0.1) is 11.5 Å². The monoisotopic (exact) mass is 386 g/mol. The third-order valence-electron chi connectivity index (χ3n) is 3.80. The fraction of sp³-hybridized carbons (Fsp3) is 0.500. The lowest BCUT2D eigenvalue weighted by Crippen LogP contribution is -2.43. The van der Waals surface area contributed by atoms with E-state index in [1.165, 1.54) is 12.1 Å². The summed E-state index contributed by atoms with van der Waals surface area (Å²) >= 11 is 0. The van der Waals surface area contributed by atoms with E-state index in [0.29, 0.717) is 0 Å². The highest BCUT2D eigenvalue weighted by Gasteiger charge is 2.38. The second-order valence-corrected chi connectivity index (χ2v) is 7.36. The minimum absolute atomic E-state index is 0.0654. The third-order valence-corrected chi connectivity index (χ3v) is 3.80. The molecule has 27 heavy (non-hydrogen) atoms. The van der Waals surface area contributed by atoms with Gasteiger partial charge in [0.25, 0.3) is 5.91 Å². The van der Waals surface area contributed by atoms with Crippen molar-refractivity contribution in [3.05, 3.63) is 29.8 Å². The topological polar surface area (TPSA) is 75.7 Å². The van der Waals surface area contributed by atoms with Crippen LogP contribution in [-0.2, 0) is 25.3 Å². The maximum absolute atomic E-state index is 12.8. The van der Waals surface area contributed by atoms with Gasteiger partial charge >= 0.3 is 12.1 Å². The Morgan fingerprint density at radius 2 is 1.93 bits per heavy atom. The van der Waals surface area contributed by atoms with E-state index in [9.17, 15) is 27.6 Å². The quantitative estimate of drug-likeness (QED) is 0.807. The van der Waals surface area contributed by atoms with Crippen molar-refractivity contribution in [1.29, 1.82) is 0 Å². The highest BCUT2D eigenvalue weighted by atomic mass is 19.4. The number of nitrogens with zero attached hydrogens (tertiary/aromatic N) is 1. The molecule has 0 bridgehead atoms. The molecule has 0 saturated carbocycles. The second-order valence-electron chi connectivity index (χ2n) is 7.36. The number of nitrogens with one attached hydrogen (secondary N) is 1. The molecule has 148 valence electrons. The van der Waals surface area contributed by atoms with Crippen molar-refractivity contribution in [3.63, 3.8) is 0 Å². The van der Waals surface area contributed by atoms with E-state index in [1.807, 2.05) is 0 Å². The van der Waals surface area contributed by atoms with Crippen molar-refractivity contribution in [2.75, 3.05) is 18.1 Å². The lowest BCUT2D eigenvalue weighted by Gasteiger charge is -2.20. The van der Waals surface area contributed by atoms with Crippen LogP contribution in [0.3, 0.4) is 0 Å². The predicted octanol–water partition coefficient (Wildman–Crippen LogP) is 2.52. The molecule has 1 N–H and O–H groups in total. The Balaban J connectivity index is 1.99. The Labute approximate surface area is 154 Å². The first-order chi connectivity index (χ1) is 12.4. The van der Waals surface area contributed by atoms with Gasteiger partial charge in [0, 0.05) is 24.2 Å². The zero-order valence-electron chi connectivity index (χ0n) is 15.2. The Bertz CT molecular complexity index is 741. The lowest BCUT2D eigenvalue weighted by molar-refractivity contribution is -0.152. The van der Waals surface area contributed by atoms with E-state index < -0.39 is 47.6 Å². The van der Waals surface area contributed by atoms with Gasteiger partial charge in [0.1, 0.15) is 0 Å². The molecule has 9 heteroatoms. The number of carbonyl (C=O) groups is 3. The van der Waals surface area contributed by atoms with Crippen molar-refractivity contribution in [1.82, 2.24) is 5.32 Å². The second kappa shape index (κ2) is 7.58. The highest BCUT2D eigenvalue weighted by molar-refractivity contribution is 5.99. The molecule has 1 aromatic rings. The molecule has 1 aliphatic rings. The van der Waals surface area contributed by atoms with Gasteiger partial charge < -0.3 is 15.0 Å². The van der Waals surface area contributed by atoms with Crippen LogP contribution in [0.1, 0.15) is 32.8 Å². The molecule has 0 radical (unpaired) electrons. The summed E-state index contributed by atoms with van der Waals surface area (Å²) in [5.74, 6) is -2.53. The average molecular weight is 386 g/mol. The van der Waals surface area contributed by atoms with Crippen LogP contribution in [-0.4, -0.2) is 36.5 Å². The molecule has 0 aromatic heterocycles. The van der Waals surface area contributed by atoms with Gasteiger partial charge in [0.2, 0.25) is 5.91 Å². The van der Waals surface area contributed by atoms with E-state index in [-0.39, 0.29) is 18.7 Å². The molecule has 6 nitrogen and oxygen atoms in total. The van der Waals surface area contributed by atoms with Gasteiger partial charge in [-0.15, -0.1) is 0 Å². The van der Waals surface area contributed by atoms with Crippen molar-refractivity contribution in [2.24, 2.45) is 5.92 Å². The summed E-state index contributed by atoms with van der Waals surface area (Å²) in [7, 11) is 0. The van der Waals surface area contributed by atoms with Crippen molar-refractivity contribution >= 4 is 23.5 Å². The number of amides is 2. The SMILES string of the molecule is CC(C)(C)NC(=O)COC(=O)[C@@H]1CC(=O)N(c2cccc(C(F)(F)F)c2)C1. The number of rotatable bonds is 4. The first kappa shape index (κ1) is 20.7. The maximum atomic E-state index is 12.8. The fourth-order valence-electron chi connectivity index (χ4n) is 2.67. The molecule has 2 amide bonds. The van der Waals surface area contributed by atoms with E-state index in [0.717, 1.165) is 17.0 Å². The van der Waals surface area contributed by atoms with E-state index in [1.54, 1.807) is 20.8 Å². The van der Waals surface area contributed by atoms with E-state index in [4.69, 9.17) is 4.74 Å². The van der Waals surface area contributed by atoms with Gasteiger partial charge in [-0.05, 0) is 39.0 Å². The number of hydrogen-bond donors (Lipinski definition) is 1. The molecule has 1 fully saturated rings. The number of esters is 1. The lowest BCUT2D eigenvalue weighted by atomic mass is 10.1. The summed E-state index contributed by atoms with van der Waals surface area (Å²) in [6.07, 6.45) is -4.71. The van der Waals surface area contributed by atoms with Crippen LogP contribution >= 0.6 is 0 Å². The average Bonchev–Trinajstić information content (AvgIpc) is 2.92. The van der Waals surface area contributed by atoms with Crippen molar-refractivity contribution < 1.29 is 32.3 Å². The van der Waals surface area contributed by atoms with Crippen LogP contribution in [0.25, 0.3) is 0 Å². The van der Waals surface area contributed by atoms with Gasteiger partial charge in [-0.3, -0.25) is 14.4 Å². The van der Waals surface area contributed by atoms with Crippen molar-refractivity contribution in [3.8, 4) is 0 Å². The Kier molecular flexibility index (Phi) is 5.82. The standard InChI is InChI=1S/C18H21F3N2O4/c1-17(2,3)22-14(24)10-27-16(26)11-7-15(25)23(9-11)13-6-4-5-12(8-13)18(19,20)21/h4-6,8,11H,7,9-10H2,1-3H3,(H,22,24)/t11-/m1/s1. The number of alkyl halides is 3. The minimum Gasteiger partial charge on any atom is -0.455 e. The number of carbonyl (C=O) groups excluding carboxylic acids is 3. The van der Waals surface area contributed by atoms with Crippen LogP contribution in [0.5, 0.6) is 0 Å². The largest absolute Gasteiger partial charge is 0.455 e. The normalized spacial score (nSPS) is 17.8. The first-order valence-corrected chi connectivity index (χ1v) is 8.32. The Morgan fingerprint density at radius 1 is 1.26 bits per heavy atom. The van der Waals surface area contributed by atoms with Crippen LogP contribution in [0, 0.1) is 5.92 Å². The minimum atomic E-state index is -4.53. The predicted molar refractivity (Wildman–Crippen MR) is 90.8 cm³/mol. The summed E-state index contributed by atoms with van der Waals surface area (Å²) in [6, 6.07) is 4.34. The summed E-state index contributed by atoms with van der Waals surface area (Å²) < 4.78 is 43.4. The molecule has 1 atom stereocenters. The number of hydrogen-bond acceptors (Lipinski definition) is 4. The molecule has 0 aliphatic carbocycles. The molecule has 0 unspecified atom stereocenters. The number of benzene rings is 1. The number of halogens is 3. The van der Waals surface area contributed by atoms with Crippen molar-refractivity contribution in [2.45, 2.75) is 38.9 Å². The highest BCUT2D eigenvalue weighted by Crippen LogP contribution is 2.33. The maximum Gasteiger partial charge on any atom is 0.416 e. The van der Waals surface area contributed by atoms with E-state index in [2.05, 4.69) is 5.32 Å². The molecule has 2 rings (SSSR count). The molecular weight excluding hydrogens is 365 g/mol. The molecule has 1 aliphatic heterocycles. The summed E-state index contributed by atoms with van der Waals surface area (Å²) in [6.45, 7) is 4.74. The Morgan fingerprint density at radius 3 is 2.52 bits per heavy atom. The van der Waals surface area contributed by atoms with Crippen LogP contribution in [0.4, 0.5) is 18.9 Å². The third kappa shape index (κ3) is 5.70. The van der Waals surface area contributed by atoms with Crippen LogP contribution in [0.2, 0.25) is 0 Å². The molecular formula is C18H21F3N2O4. The van der Waals surface area contributed by atoms with Crippen LogP contribution in [0.15, 0.2) is 24.3 Å². The molecule has 1 aromatic carbocycles. The molecule has 1 heterocycles. The number of ether oxygens (including phenoxy) is 1. The van der Waals surface area contributed by atoms with Gasteiger partial charge in [-0.1, -0.05) is 6.07 Å². The van der Waals surface area contributed by atoms with Gasteiger partial charge in [-0.25, -0.2) is 0 Å². The zero-order chi connectivity index (χ0) is 20.4. The Hall–Kier alpha value is -2.58. The van der Waals surface area contributed by atoms with E-state index >= 15 is 0 Å². The first-order valence-electron chi connectivity index (χ1n) is 8.32. The molecule has 0 spiro atoms. The molecule has 1 saturated heterocycles.